The summed E-state index contributed by atoms with van der Waals surface area (Å²) in [6, 6.07) is 7.62. The number of hydrogen-bond acceptors (Lipinski definition) is 3. The number of benzene rings is 1. The second-order valence-electron chi connectivity index (χ2n) is 4.95. The van der Waals surface area contributed by atoms with E-state index in [4.69, 9.17) is 0 Å². The molecule has 1 fully saturated rings. The lowest BCUT2D eigenvalue weighted by molar-refractivity contribution is -0.127. The summed E-state index contributed by atoms with van der Waals surface area (Å²) in [6.07, 6.45) is 0. The van der Waals surface area contributed by atoms with E-state index in [9.17, 15) is 9.59 Å². The first-order valence-electron chi connectivity index (χ1n) is 6.40. The Labute approximate surface area is 123 Å². The maximum Gasteiger partial charge on any atom is 0.234 e. The molecule has 106 valence electrons. The monoisotopic (exact) mass is 290 g/mol. The first-order chi connectivity index (χ1) is 9.47. The zero-order valence-corrected chi connectivity index (χ0v) is 12.5. The second-order valence-corrected chi connectivity index (χ2v) is 6.01. The SMILES string of the molecule is C=C(C)CN1C(=O)CSC1c1ccc(NC(C)=O)cc1. The molecule has 1 aromatic carbocycles. The van der Waals surface area contributed by atoms with Crippen molar-refractivity contribution in [2.75, 3.05) is 17.6 Å². The molecule has 0 bridgehead atoms. The largest absolute Gasteiger partial charge is 0.326 e. The first kappa shape index (κ1) is 14.7. The van der Waals surface area contributed by atoms with E-state index in [1.807, 2.05) is 36.1 Å². The molecule has 1 aliphatic rings. The number of nitrogens with one attached hydrogen (secondary N) is 1. The molecule has 0 saturated carbocycles. The van der Waals surface area contributed by atoms with Gasteiger partial charge in [0.2, 0.25) is 11.8 Å². The first-order valence-corrected chi connectivity index (χ1v) is 7.45. The van der Waals surface area contributed by atoms with Gasteiger partial charge in [-0.15, -0.1) is 11.8 Å². The van der Waals surface area contributed by atoms with Crippen LogP contribution >= 0.6 is 11.8 Å². The highest BCUT2D eigenvalue weighted by molar-refractivity contribution is 8.00. The third-order valence-electron chi connectivity index (χ3n) is 2.92. The molecule has 1 aliphatic heterocycles. The summed E-state index contributed by atoms with van der Waals surface area (Å²) < 4.78 is 0. The zero-order chi connectivity index (χ0) is 14.7. The minimum Gasteiger partial charge on any atom is -0.326 e. The average molecular weight is 290 g/mol. The fourth-order valence-electron chi connectivity index (χ4n) is 2.13. The molecule has 0 spiro atoms. The highest BCUT2D eigenvalue weighted by atomic mass is 32.2. The van der Waals surface area contributed by atoms with Crippen LogP contribution in [0.3, 0.4) is 0 Å². The van der Waals surface area contributed by atoms with E-state index in [0.29, 0.717) is 12.3 Å². The molecule has 5 heteroatoms. The lowest BCUT2D eigenvalue weighted by atomic mass is 10.1. The van der Waals surface area contributed by atoms with Crippen molar-refractivity contribution in [3.05, 3.63) is 42.0 Å². The van der Waals surface area contributed by atoms with Gasteiger partial charge in [0.05, 0.1) is 5.75 Å². The standard InChI is InChI=1S/C15H18N2O2S/c1-10(2)8-17-14(19)9-20-15(17)12-4-6-13(7-5-12)16-11(3)18/h4-7,15H,1,8-9H2,2-3H3,(H,16,18). The van der Waals surface area contributed by atoms with Crippen molar-refractivity contribution < 1.29 is 9.59 Å². The molecule has 0 radical (unpaired) electrons. The van der Waals surface area contributed by atoms with E-state index in [2.05, 4.69) is 11.9 Å². The zero-order valence-electron chi connectivity index (χ0n) is 11.7. The molecule has 2 amide bonds. The predicted molar refractivity (Wildman–Crippen MR) is 82.5 cm³/mol. The number of rotatable bonds is 4. The van der Waals surface area contributed by atoms with Crippen LogP contribution in [-0.4, -0.2) is 29.0 Å². The minimum absolute atomic E-state index is 0.0329. The topological polar surface area (TPSA) is 49.4 Å². The van der Waals surface area contributed by atoms with Crippen LogP contribution in [0.4, 0.5) is 5.69 Å². The van der Waals surface area contributed by atoms with Gasteiger partial charge in [0.1, 0.15) is 5.37 Å². The molecule has 0 aliphatic carbocycles. The Bertz CT molecular complexity index is 539. The van der Waals surface area contributed by atoms with Crippen molar-refractivity contribution in [1.29, 1.82) is 0 Å². The number of hydrogen-bond donors (Lipinski definition) is 1. The fourth-order valence-corrected chi connectivity index (χ4v) is 3.31. The Balaban J connectivity index is 2.15. The van der Waals surface area contributed by atoms with E-state index in [0.717, 1.165) is 16.8 Å². The molecule has 1 unspecified atom stereocenters. The van der Waals surface area contributed by atoms with Gasteiger partial charge >= 0.3 is 0 Å². The van der Waals surface area contributed by atoms with Gasteiger partial charge in [-0.1, -0.05) is 24.3 Å². The van der Waals surface area contributed by atoms with Gasteiger partial charge in [-0.3, -0.25) is 9.59 Å². The quantitative estimate of drug-likeness (QED) is 0.868. The smallest absolute Gasteiger partial charge is 0.234 e. The maximum absolute atomic E-state index is 11.9. The van der Waals surface area contributed by atoms with Crippen molar-refractivity contribution in [3.63, 3.8) is 0 Å². The van der Waals surface area contributed by atoms with Gasteiger partial charge in [0.25, 0.3) is 0 Å². The van der Waals surface area contributed by atoms with Crippen LogP contribution in [0.15, 0.2) is 36.4 Å². The number of amides is 2. The molecule has 1 saturated heterocycles. The average Bonchev–Trinajstić information content (AvgIpc) is 2.71. The minimum atomic E-state index is -0.0907. The number of thioether (sulfide) groups is 1. The molecule has 1 atom stereocenters. The van der Waals surface area contributed by atoms with E-state index < -0.39 is 0 Å². The molecular weight excluding hydrogens is 272 g/mol. The summed E-state index contributed by atoms with van der Waals surface area (Å²) in [7, 11) is 0. The summed E-state index contributed by atoms with van der Waals surface area (Å²) in [6.45, 7) is 7.87. The Morgan fingerprint density at radius 3 is 2.60 bits per heavy atom. The van der Waals surface area contributed by atoms with Crippen LogP contribution in [0.5, 0.6) is 0 Å². The van der Waals surface area contributed by atoms with Crippen LogP contribution < -0.4 is 5.32 Å². The number of nitrogens with zero attached hydrogens (tertiary/aromatic N) is 1. The molecule has 4 nitrogen and oxygen atoms in total. The molecular formula is C15H18N2O2S. The Morgan fingerprint density at radius 2 is 2.05 bits per heavy atom. The number of anilines is 1. The molecule has 20 heavy (non-hydrogen) atoms. The van der Waals surface area contributed by atoms with Gasteiger partial charge < -0.3 is 10.2 Å². The Morgan fingerprint density at radius 1 is 1.40 bits per heavy atom. The maximum atomic E-state index is 11.9. The lowest BCUT2D eigenvalue weighted by Crippen LogP contribution is -2.29. The predicted octanol–water partition coefficient (Wildman–Crippen LogP) is 2.80. The van der Waals surface area contributed by atoms with E-state index >= 15 is 0 Å². The van der Waals surface area contributed by atoms with Crippen LogP contribution in [0.25, 0.3) is 0 Å². The van der Waals surface area contributed by atoms with E-state index in [-0.39, 0.29) is 17.2 Å². The third kappa shape index (κ3) is 3.42. The van der Waals surface area contributed by atoms with Crippen LogP contribution in [0.1, 0.15) is 24.8 Å². The molecule has 2 rings (SSSR count). The highest BCUT2D eigenvalue weighted by Crippen LogP contribution is 2.39. The summed E-state index contributed by atoms with van der Waals surface area (Å²) in [4.78, 5) is 24.8. The van der Waals surface area contributed by atoms with Crippen LogP contribution in [0, 0.1) is 0 Å². The summed E-state index contributed by atoms with van der Waals surface area (Å²) in [5.41, 5.74) is 2.80. The number of carbonyl (C=O) groups excluding carboxylic acids is 2. The van der Waals surface area contributed by atoms with E-state index in [1.165, 1.54) is 6.92 Å². The number of carbonyl (C=O) groups is 2. The van der Waals surface area contributed by atoms with Crippen molar-refractivity contribution in [2.45, 2.75) is 19.2 Å². The fraction of sp³-hybridized carbons (Fsp3) is 0.333. The summed E-state index contributed by atoms with van der Waals surface area (Å²) >= 11 is 1.62. The van der Waals surface area contributed by atoms with Gasteiger partial charge in [-0.2, -0.15) is 0 Å². The normalized spacial score (nSPS) is 18.2. The van der Waals surface area contributed by atoms with Gasteiger partial charge in [-0.05, 0) is 24.6 Å². The Kier molecular flexibility index (Phi) is 4.49. The van der Waals surface area contributed by atoms with Crippen LogP contribution in [-0.2, 0) is 9.59 Å². The third-order valence-corrected chi connectivity index (χ3v) is 4.18. The summed E-state index contributed by atoms with van der Waals surface area (Å²) in [5.74, 6) is 0.562. The lowest BCUT2D eigenvalue weighted by Gasteiger charge is -2.24. The van der Waals surface area contributed by atoms with Gasteiger partial charge in [-0.25, -0.2) is 0 Å². The molecule has 1 heterocycles. The molecule has 0 aromatic heterocycles. The van der Waals surface area contributed by atoms with Crippen LogP contribution in [0.2, 0.25) is 0 Å². The Hall–Kier alpha value is -1.75. The van der Waals surface area contributed by atoms with Gasteiger partial charge in [0.15, 0.2) is 0 Å². The van der Waals surface area contributed by atoms with Crippen molar-refractivity contribution in [3.8, 4) is 0 Å². The van der Waals surface area contributed by atoms with Crippen molar-refractivity contribution in [1.82, 2.24) is 4.90 Å². The van der Waals surface area contributed by atoms with Gasteiger partial charge in [0, 0.05) is 19.2 Å². The highest BCUT2D eigenvalue weighted by Gasteiger charge is 2.32. The molecule has 1 aromatic rings. The van der Waals surface area contributed by atoms with Crippen molar-refractivity contribution >= 4 is 29.3 Å². The second kappa shape index (κ2) is 6.13. The summed E-state index contributed by atoms with van der Waals surface area (Å²) in [5, 5.41) is 2.77. The molecule has 1 N–H and O–H groups in total. The van der Waals surface area contributed by atoms with Crippen molar-refractivity contribution in [2.24, 2.45) is 0 Å². The van der Waals surface area contributed by atoms with E-state index in [1.54, 1.807) is 11.8 Å².